The Morgan fingerprint density at radius 1 is 1.20 bits per heavy atom. The predicted octanol–water partition coefficient (Wildman–Crippen LogP) is 2.03. The topological polar surface area (TPSA) is 51.1 Å². The SMILES string of the molecule is Cc1cccn(CC(=O)N[C@H](C)c2ccccc2)c1=O. The average Bonchev–Trinajstić information content (AvgIpc) is 2.45. The minimum Gasteiger partial charge on any atom is -0.348 e. The van der Waals surface area contributed by atoms with Gasteiger partial charge in [-0.2, -0.15) is 0 Å². The minimum absolute atomic E-state index is 0.0394. The molecule has 0 fully saturated rings. The maximum absolute atomic E-state index is 12.0. The summed E-state index contributed by atoms with van der Waals surface area (Å²) in [5, 5.41) is 2.89. The molecule has 0 radical (unpaired) electrons. The van der Waals surface area contributed by atoms with E-state index in [1.807, 2.05) is 37.3 Å². The maximum atomic E-state index is 12.0. The summed E-state index contributed by atoms with van der Waals surface area (Å²) in [5.41, 5.74) is 1.55. The van der Waals surface area contributed by atoms with Crippen molar-refractivity contribution >= 4 is 5.91 Å². The first-order valence-electron chi connectivity index (χ1n) is 6.58. The molecular weight excluding hydrogens is 252 g/mol. The van der Waals surface area contributed by atoms with E-state index < -0.39 is 0 Å². The lowest BCUT2D eigenvalue weighted by Gasteiger charge is -2.15. The second-order valence-corrected chi connectivity index (χ2v) is 4.82. The molecule has 2 rings (SSSR count). The molecule has 0 saturated heterocycles. The molecule has 0 aliphatic heterocycles. The molecule has 1 aromatic carbocycles. The van der Waals surface area contributed by atoms with E-state index in [-0.39, 0.29) is 24.1 Å². The molecular formula is C16H18N2O2. The maximum Gasteiger partial charge on any atom is 0.253 e. The van der Waals surface area contributed by atoms with Crippen molar-refractivity contribution in [2.24, 2.45) is 0 Å². The van der Waals surface area contributed by atoms with Gasteiger partial charge in [0.25, 0.3) is 5.56 Å². The minimum atomic E-state index is -0.172. The second kappa shape index (κ2) is 6.19. The first kappa shape index (κ1) is 14.1. The Labute approximate surface area is 118 Å². The zero-order valence-electron chi connectivity index (χ0n) is 11.7. The van der Waals surface area contributed by atoms with Crippen LogP contribution in [0.3, 0.4) is 0 Å². The molecule has 0 unspecified atom stereocenters. The monoisotopic (exact) mass is 270 g/mol. The molecule has 1 heterocycles. The molecule has 0 aliphatic rings. The van der Waals surface area contributed by atoms with Gasteiger partial charge in [-0.1, -0.05) is 36.4 Å². The molecule has 4 nitrogen and oxygen atoms in total. The molecule has 0 saturated carbocycles. The Hall–Kier alpha value is -2.36. The number of benzene rings is 1. The largest absolute Gasteiger partial charge is 0.348 e. The van der Waals surface area contributed by atoms with Crippen molar-refractivity contribution in [3.05, 3.63) is 70.1 Å². The smallest absolute Gasteiger partial charge is 0.253 e. The summed E-state index contributed by atoms with van der Waals surface area (Å²) in [7, 11) is 0. The molecule has 4 heteroatoms. The van der Waals surface area contributed by atoms with E-state index in [1.54, 1.807) is 25.3 Å². The van der Waals surface area contributed by atoms with E-state index >= 15 is 0 Å². The van der Waals surface area contributed by atoms with E-state index in [2.05, 4.69) is 5.32 Å². The standard InChI is InChI=1S/C16H18N2O2/c1-12-7-6-10-18(16(12)20)11-15(19)17-13(2)14-8-4-3-5-9-14/h3-10,13H,11H2,1-2H3,(H,17,19)/t13-/m1/s1. The molecule has 1 atom stereocenters. The average molecular weight is 270 g/mol. The number of carbonyl (C=O) groups is 1. The lowest BCUT2D eigenvalue weighted by atomic mass is 10.1. The van der Waals surface area contributed by atoms with Gasteiger partial charge in [-0.25, -0.2) is 0 Å². The van der Waals surface area contributed by atoms with Gasteiger partial charge in [-0.05, 0) is 25.5 Å². The fraction of sp³-hybridized carbons (Fsp3) is 0.250. The summed E-state index contributed by atoms with van der Waals surface area (Å²) < 4.78 is 1.42. The predicted molar refractivity (Wildman–Crippen MR) is 78.4 cm³/mol. The number of aryl methyl sites for hydroxylation is 1. The molecule has 0 spiro atoms. The highest BCUT2D eigenvalue weighted by atomic mass is 16.2. The first-order chi connectivity index (χ1) is 9.58. The normalized spacial score (nSPS) is 11.9. The molecule has 0 bridgehead atoms. The van der Waals surface area contributed by atoms with Crippen LogP contribution < -0.4 is 10.9 Å². The van der Waals surface area contributed by atoms with Gasteiger partial charge in [-0.15, -0.1) is 0 Å². The van der Waals surface area contributed by atoms with Crippen LogP contribution in [0.5, 0.6) is 0 Å². The molecule has 104 valence electrons. The van der Waals surface area contributed by atoms with Crippen LogP contribution in [0.25, 0.3) is 0 Å². The van der Waals surface area contributed by atoms with Crippen molar-refractivity contribution in [3.63, 3.8) is 0 Å². The summed E-state index contributed by atoms with van der Waals surface area (Å²) in [6, 6.07) is 13.2. The van der Waals surface area contributed by atoms with Gasteiger partial charge in [0, 0.05) is 11.8 Å². The molecule has 2 aromatic rings. The Morgan fingerprint density at radius 2 is 1.90 bits per heavy atom. The Bertz CT molecular complexity index is 647. The van der Waals surface area contributed by atoms with E-state index in [9.17, 15) is 9.59 Å². The van der Waals surface area contributed by atoms with Crippen LogP contribution in [-0.2, 0) is 11.3 Å². The van der Waals surface area contributed by atoms with Crippen LogP contribution in [0.1, 0.15) is 24.1 Å². The van der Waals surface area contributed by atoms with Gasteiger partial charge in [0.1, 0.15) is 6.54 Å². The van der Waals surface area contributed by atoms with E-state index in [1.165, 1.54) is 4.57 Å². The Morgan fingerprint density at radius 3 is 2.60 bits per heavy atom. The zero-order chi connectivity index (χ0) is 14.5. The van der Waals surface area contributed by atoms with Crippen molar-refractivity contribution in [1.29, 1.82) is 0 Å². The second-order valence-electron chi connectivity index (χ2n) is 4.82. The highest BCUT2D eigenvalue weighted by Gasteiger charge is 2.10. The van der Waals surface area contributed by atoms with E-state index in [0.29, 0.717) is 5.56 Å². The Balaban J connectivity index is 2.03. The number of aromatic nitrogens is 1. The van der Waals surface area contributed by atoms with Gasteiger partial charge in [0.2, 0.25) is 5.91 Å². The van der Waals surface area contributed by atoms with Crippen LogP contribution >= 0.6 is 0 Å². The highest BCUT2D eigenvalue weighted by Crippen LogP contribution is 2.10. The third kappa shape index (κ3) is 3.35. The van der Waals surface area contributed by atoms with Crippen LogP contribution in [0.4, 0.5) is 0 Å². The zero-order valence-corrected chi connectivity index (χ0v) is 11.7. The summed E-state index contributed by atoms with van der Waals surface area (Å²) in [4.78, 5) is 23.8. The molecule has 1 amide bonds. The van der Waals surface area contributed by atoms with E-state index in [4.69, 9.17) is 0 Å². The summed E-state index contributed by atoms with van der Waals surface area (Å²) in [6.07, 6.45) is 1.63. The van der Waals surface area contributed by atoms with Gasteiger partial charge >= 0.3 is 0 Å². The van der Waals surface area contributed by atoms with Crippen molar-refractivity contribution < 1.29 is 4.79 Å². The number of nitrogens with one attached hydrogen (secondary N) is 1. The van der Waals surface area contributed by atoms with Crippen molar-refractivity contribution in [2.75, 3.05) is 0 Å². The fourth-order valence-electron chi connectivity index (χ4n) is 2.05. The molecule has 1 N–H and O–H groups in total. The van der Waals surface area contributed by atoms with E-state index in [0.717, 1.165) is 5.56 Å². The summed E-state index contributed by atoms with van der Waals surface area (Å²) in [6.45, 7) is 3.70. The van der Waals surface area contributed by atoms with Crippen molar-refractivity contribution in [2.45, 2.75) is 26.4 Å². The van der Waals surface area contributed by atoms with Gasteiger partial charge in [0.15, 0.2) is 0 Å². The lowest BCUT2D eigenvalue weighted by molar-refractivity contribution is -0.122. The number of hydrogen-bond donors (Lipinski definition) is 1. The van der Waals surface area contributed by atoms with Crippen LogP contribution in [-0.4, -0.2) is 10.5 Å². The quantitative estimate of drug-likeness (QED) is 0.924. The lowest BCUT2D eigenvalue weighted by Crippen LogP contribution is -2.34. The number of hydrogen-bond acceptors (Lipinski definition) is 2. The number of amides is 1. The highest BCUT2D eigenvalue weighted by molar-refractivity contribution is 5.76. The summed E-state index contributed by atoms with van der Waals surface area (Å²) >= 11 is 0. The third-order valence-electron chi connectivity index (χ3n) is 3.20. The third-order valence-corrected chi connectivity index (χ3v) is 3.20. The summed E-state index contributed by atoms with van der Waals surface area (Å²) in [5.74, 6) is -0.172. The number of pyridine rings is 1. The molecule has 1 aromatic heterocycles. The van der Waals surface area contributed by atoms with Crippen molar-refractivity contribution in [3.8, 4) is 0 Å². The van der Waals surface area contributed by atoms with Gasteiger partial charge in [-0.3, -0.25) is 9.59 Å². The number of rotatable bonds is 4. The van der Waals surface area contributed by atoms with Crippen LogP contribution in [0.15, 0.2) is 53.5 Å². The fourth-order valence-corrected chi connectivity index (χ4v) is 2.05. The Kier molecular flexibility index (Phi) is 4.35. The number of nitrogens with zero attached hydrogens (tertiary/aromatic N) is 1. The number of carbonyl (C=O) groups excluding carboxylic acids is 1. The van der Waals surface area contributed by atoms with Crippen LogP contribution in [0.2, 0.25) is 0 Å². The van der Waals surface area contributed by atoms with Gasteiger partial charge in [0.05, 0.1) is 6.04 Å². The molecule has 20 heavy (non-hydrogen) atoms. The van der Waals surface area contributed by atoms with Crippen LogP contribution in [0, 0.1) is 6.92 Å². The molecule has 0 aliphatic carbocycles. The first-order valence-corrected chi connectivity index (χ1v) is 6.58. The van der Waals surface area contributed by atoms with Crippen molar-refractivity contribution in [1.82, 2.24) is 9.88 Å². The van der Waals surface area contributed by atoms with Gasteiger partial charge < -0.3 is 9.88 Å².